The molecule has 5 aromatic rings. The number of halogens is 1. The van der Waals surface area contributed by atoms with Crippen LogP contribution in [0, 0.1) is 0 Å². The number of carbonyl (C=O) groups is 1. The predicted octanol–water partition coefficient (Wildman–Crippen LogP) is 4.72. The number of benzene rings is 2. The first kappa shape index (κ1) is 18.6. The molecule has 3 heterocycles. The standard InChI is InChI=1S/C22H17BrN4O3/c1-26-10-16(15-9-13(29-3)5-7-19(15)26)20(28)22-24-21(25-30-22)17-11-27(2)18-6-4-12(23)8-14(17)18/h4-11H,1-3H3. The van der Waals surface area contributed by atoms with Crippen molar-refractivity contribution in [3.05, 3.63) is 64.7 Å². The van der Waals surface area contributed by atoms with Crippen LogP contribution in [0.4, 0.5) is 0 Å². The van der Waals surface area contributed by atoms with Crippen molar-refractivity contribution in [2.45, 2.75) is 0 Å². The van der Waals surface area contributed by atoms with Gasteiger partial charge in [-0.3, -0.25) is 4.79 Å². The third-order valence-electron chi connectivity index (χ3n) is 5.25. The number of fused-ring (bicyclic) bond motifs is 2. The highest BCUT2D eigenvalue weighted by Gasteiger charge is 2.23. The van der Waals surface area contributed by atoms with E-state index in [-0.39, 0.29) is 11.7 Å². The van der Waals surface area contributed by atoms with Crippen LogP contribution in [0.1, 0.15) is 16.2 Å². The third-order valence-corrected chi connectivity index (χ3v) is 5.75. The molecule has 0 aliphatic carbocycles. The van der Waals surface area contributed by atoms with Crippen LogP contribution in [0.15, 0.2) is 57.8 Å². The smallest absolute Gasteiger partial charge is 0.299 e. The SMILES string of the molecule is COc1ccc2c(c1)c(C(=O)c1nc(-c3cn(C)c4ccc(Br)cc34)no1)cn2C. The molecule has 0 aliphatic heterocycles. The van der Waals surface area contributed by atoms with Gasteiger partial charge in [-0.1, -0.05) is 21.1 Å². The zero-order valence-electron chi connectivity index (χ0n) is 16.5. The fourth-order valence-corrected chi connectivity index (χ4v) is 4.12. The van der Waals surface area contributed by atoms with E-state index in [1.54, 1.807) is 13.3 Å². The van der Waals surface area contributed by atoms with Crippen molar-refractivity contribution >= 4 is 43.5 Å². The van der Waals surface area contributed by atoms with E-state index in [0.717, 1.165) is 31.8 Å². The van der Waals surface area contributed by atoms with E-state index >= 15 is 0 Å². The van der Waals surface area contributed by atoms with Gasteiger partial charge in [-0.2, -0.15) is 4.98 Å². The highest BCUT2D eigenvalue weighted by Crippen LogP contribution is 2.32. The van der Waals surface area contributed by atoms with Gasteiger partial charge >= 0.3 is 0 Å². The average Bonchev–Trinajstić information content (AvgIpc) is 3.44. The van der Waals surface area contributed by atoms with Crippen LogP contribution in [0.5, 0.6) is 5.75 Å². The number of ether oxygens (including phenoxy) is 1. The van der Waals surface area contributed by atoms with Crippen molar-refractivity contribution in [3.63, 3.8) is 0 Å². The van der Waals surface area contributed by atoms with Crippen LogP contribution in [0.3, 0.4) is 0 Å². The van der Waals surface area contributed by atoms with E-state index in [1.165, 1.54) is 0 Å². The molecule has 8 heteroatoms. The zero-order chi connectivity index (χ0) is 21.0. The van der Waals surface area contributed by atoms with E-state index in [2.05, 4.69) is 26.1 Å². The molecule has 0 amide bonds. The lowest BCUT2D eigenvalue weighted by molar-refractivity contribution is 0.0995. The Balaban J connectivity index is 1.59. The second-order valence-electron chi connectivity index (χ2n) is 7.10. The third kappa shape index (κ3) is 2.83. The molecule has 3 aromatic heterocycles. The zero-order valence-corrected chi connectivity index (χ0v) is 18.1. The normalized spacial score (nSPS) is 11.5. The molecule has 0 fully saturated rings. The Labute approximate surface area is 180 Å². The van der Waals surface area contributed by atoms with E-state index in [0.29, 0.717) is 17.1 Å². The molecule has 0 saturated carbocycles. The lowest BCUT2D eigenvalue weighted by atomic mass is 10.1. The molecule has 0 unspecified atom stereocenters. The van der Waals surface area contributed by atoms with Crippen molar-refractivity contribution in [2.75, 3.05) is 7.11 Å². The summed E-state index contributed by atoms with van der Waals surface area (Å²) in [6.07, 6.45) is 3.70. The van der Waals surface area contributed by atoms with Gasteiger partial charge in [0.15, 0.2) is 0 Å². The van der Waals surface area contributed by atoms with Crippen molar-refractivity contribution in [3.8, 4) is 17.1 Å². The molecular weight excluding hydrogens is 448 g/mol. The van der Waals surface area contributed by atoms with Gasteiger partial charge in [0, 0.05) is 58.3 Å². The molecule has 5 rings (SSSR count). The van der Waals surface area contributed by atoms with Gasteiger partial charge in [-0.15, -0.1) is 0 Å². The molecule has 0 aliphatic rings. The maximum absolute atomic E-state index is 13.2. The predicted molar refractivity (Wildman–Crippen MR) is 117 cm³/mol. The Hall–Kier alpha value is -3.39. The molecule has 0 spiro atoms. The minimum Gasteiger partial charge on any atom is -0.497 e. The molecule has 2 aromatic carbocycles. The number of hydrogen-bond acceptors (Lipinski definition) is 5. The molecule has 0 atom stereocenters. The van der Waals surface area contributed by atoms with Gasteiger partial charge in [-0.25, -0.2) is 0 Å². The first-order valence-electron chi connectivity index (χ1n) is 9.22. The molecular formula is C22H17BrN4O3. The number of aryl methyl sites for hydroxylation is 2. The summed E-state index contributed by atoms with van der Waals surface area (Å²) in [6.45, 7) is 0. The fraction of sp³-hybridized carbons (Fsp3) is 0.136. The van der Waals surface area contributed by atoms with E-state index < -0.39 is 0 Å². The van der Waals surface area contributed by atoms with Crippen molar-refractivity contribution in [1.29, 1.82) is 0 Å². The maximum Gasteiger partial charge on any atom is 0.299 e. The van der Waals surface area contributed by atoms with E-state index in [4.69, 9.17) is 9.26 Å². The summed E-state index contributed by atoms with van der Waals surface area (Å²) in [5, 5.41) is 5.83. The van der Waals surface area contributed by atoms with Gasteiger partial charge in [0.05, 0.1) is 12.7 Å². The first-order valence-corrected chi connectivity index (χ1v) is 10.0. The Kier molecular flexibility index (Phi) is 4.25. The lowest BCUT2D eigenvalue weighted by Crippen LogP contribution is -2.01. The van der Waals surface area contributed by atoms with Crippen molar-refractivity contribution < 1.29 is 14.1 Å². The van der Waals surface area contributed by atoms with Crippen LogP contribution in [0.25, 0.3) is 33.2 Å². The van der Waals surface area contributed by atoms with Gasteiger partial charge in [0.1, 0.15) is 5.75 Å². The van der Waals surface area contributed by atoms with E-state index in [9.17, 15) is 4.79 Å². The Morgan fingerprint density at radius 1 is 1.03 bits per heavy atom. The average molecular weight is 465 g/mol. The number of ketones is 1. The molecule has 150 valence electrons. The summed E-state index contributed by atoms with van der Waals surface area (Å²) >= 11 is 3.50. The minimum absolute atomic E-state index is 0.0488. The summed E-state index contributed by atoms with van der Waals surface area (Å²) in [5.41, 5.74) is 3.24. The molecule has 7 nitrogen and oxygen atoms in total. The van der Waals surface area contributed by atoms with Gasteiger partial charge in [0.2, 0.25) is 5.82 Å². The maximum atomic E-state index is 13.2. The van der Waals surface area contributed by atoms with Crippen LogP contribution in [-0.2, 0) is 14.1 Å². The molecule has 30 heavy (non-hydrogen) atoms. The quantitative estimate of drug-likeness (QED) is 0.359. The Morgan fingerprint density at radius 3 is 2.57 bits per heavy atom. The Morgan fingerprint density at radius 2 is 1.77 bits per heavy atom. The Bertz CT molecular complexity index is 1440. The second-order valence-corrected chi connectivity index (χ2v) is 8.02. The lowest BCUT2D eigenvalue weighted by Gasteiger charge is -2.01. The van der Waals surface area contributed by atoms with Crippen molar-refractivity contribution in [1.82, 2.24) is 19.3 Å². The van der Waals surface area contributed by atoms with Gasteiger partial charge in [-0.05, 0) is 36.4 Å². The molecule has 0 bridgehead atoms. The van der Waals surface area contributed by atoms with Crippen LogP contribution in [-0.4, -0.2) is 32.2 Å². The van der Waals surface area contributed by atoms with Gasteiger partial charge < -0.3 is 18.4 Å². The topological polar surface area (TPSA) is 75.1 Å². The number of aromatic nitrogens is 4. The monoisotopic (exact) mass is 464 g/mol. The summed E-state index contributed by atoms with van der Waals surface area (Å²) < 4.78 is 15.5. The summed E-state index contributed by atoms with van der Waals surface area (Å²) in [6, 6.07) is 11.6. The number of nitrogens with zero attached hydrogens (tertiary/aromatic N) is 4. The largest absolute Gasteiger partial charge is 0.497 e. The van der Waals surface area contributed by atoms with Crippen LogP contribution in [0.2, 0.25) is 0 Å². The molecule has 0 radical (unpaired) electrons. The van der Waals surface area contributed by atoms with Crippen molar-refractivity contribution in [2.24, 2.45) is 14.1 Å². The van der Waals surface area contributed by atoms with Gasteiger partial charge in [0.25, 0.3) is 11.7 Å². The minimum atomic E-state index is -0.325. The number of methoxy groups -OCH3 is 1. The number of carbonyl (C=O) groups excluding carboxylic acids is 1. The summed E-state index contributed by atoms with van der Waals surface area (Å²) in [7, 11) is 5.44. The second kappa shape index (κ2) is 6.84. The number of rotatable bonds is 4. The highest BCUT2D eigenvalue weighted by molar-refractivity contribution is 9.10. The number of hydrogen-bond donors (Lipinski definition) is 0. The molecule has 0 saturated heterocycles. The summed E-state index contributed by atoms with van der Waals surface area (Å²) in [5.74, 6) is 0.677. The molecule has 0 N–H and O–H groups in total. The first-order chi connectivity index (χ1) is 14.5. The van der Waals surface area contributed by atoms with Crippen LogP contribution >= 0.6 is 15.9 Å². The van der Waals surface area contributed by atoms with Crippen LogP contribution < -0.4 is 4.74 Å². The fourth-order valence-electron chi connectivity index (χ4n) is 3.76. The highest BCUT2D eigenvalue weighted by atomic mass is 79.9. The summed E-state index contributed by atoms with van der Waals surface area (Å²) in [4.78, 5) is 17.6. The van der Waals surface area contributed by atoms with E-state index in [1.807, 2.05) is 65.8 Å².